The van der Waals surface area contributed by atoms with Crippen molar-refractivity contribution in [3.63, 3.8) is 0 Å². The number of benzene rings is 2. The highest BCUT2D eigenvalue weighted by Gasteiger charge is 2.55. The van der Waals surface area contributed by atoms with E-state index in [4.69, 9.17) is 9.57 Å². The number of nitrogens with one attached hydrogen (secondary N) is 3. The normalized spacial score (nSPS) is 21.3. The number of carbonyl (C=O) groups excluding carboxylic acids is 5. The Morgan fingerprint density at radius 1 is 1.06 bits per heavy atom. The van der Waals surface area contributed by atoms with Gasteiger partial charge in [-0.05, 0) is 42.4 Å². The summed E-state index contributed by atoms with van der Waals surface area (Å²) in [6, 6.07) is 13.5. The summed E-state index contributed by atoms with van der Waals surface area (Å²) >= 11 is 3.49. The molecule has 5 rings (SSSR count). The SMILES string of the molecule is CCC[C@H](NC(=O)[C@@H]1C[C@]2(CC(c3cccc(Br)c3)=NO2)CN1C(=O)[C@@H](NC(=O)OCc1ccccc1)C(C)(C)C)C(=O)C(=O)NC1CC1. The van der Waals surface area contributed by atoms with Crippen LogP contribution in [-0.4, -0.2) is 76.5 Å². The lowest BCUT2D eigenvalue weighted by molar-refractivity contribution is -0.144. The number of carbonyl (C=O) groups is 5. The first-order chi connectivity index (χ1) is 23.3. The Morgan fingerprint density at radius 3 is 2.45 bits per heavy atom. The van der Waals surface area contributed by atoms with Crippen LogP contribution in [0.1, 0.15) is 77.3 Å². The predicted octanol–water partition coefficient (Wildman–Crippen LogP) is 4.39. The smallest absolute Gasteiger partial charge is 0.408 e. The fraction of sp³-hybridized carbons (Fsp3) is 0.500. The Morgan fingerprint density at radius 2 is 1.80 bits per heavy atom. The Labute approximate surface area is 294 Å². The molecule has 1 saturated carbocycles. The molecule has 2 aromatic rings. The summed E-state index contributed by atoms with van der Waals surface area (Å²) in [5, 5.41) is 12.6. The van der Waals surface area contributed by atoms with Crippen molar-refractivity contribution in [3.8, 4) is 0 Å². The Kier molecular flexibility index (Phi) is 11.1. The highest BCUT2D eigenvalue weighted by atomic mass is 79.9. The highest BCUT2D eigenvalue weighted by molar-refractivity contribution is 9.10. The van der Waals surface area contributed by atoms with Crippen molar-refractivity contribution in [2.75, 3.05) is 6.54 Å². The maximum Gasteiger partial charge on any atom is 0.408 e. The number of Topliss-reactive ketones (excluding diaryl/α,β-unsaturated/α-hetero) is 1. The Balaban J connectivity index is 1.38. The van der Waals surface area contributed by atoms with Crippen LogP contribution in [0.15, 0.2) is 64.2 Å². The lowest BCUT2D eigenvalue weighted by atomic mass is 9.85. The fourth-order valence-corrected chi connectivity index (χ4v) is 6.52. The molecule has 3 N–H and O–H groups in total. The number of ketones is 1. The van der Waals surface area contributed by atoms with E-state index < -0.39 is 58.7 Å². The van der Waals surface area contributed by atoms with Crippen LogP contribution in [0, 0.1) is 5.41 Å². The van der Waals surface area contributed by atoms with Gasteiger partial charge in [0.2, 0.25) is 17.6 Å². The number of halogens is 1. The maximum absolute atomic E-state index is 14.5. The Bertz CT molecular complexity index is 1610. The van der Waals surface area contributed by atoms with Gasteiger partial charge in [-0.25, -0.2) is 4.79 Å². The van der Waals surface area contributed by atoms with Crippen LogP contribution in [0.3, 0.4) is 0 Å². The largest absolute Gasteiger partial charge is 0.445 e. The molecule has 1 aliphatic carbocycles. The number of likely N-dealkylation sites (tertiary alicyclic amines) is 1. The number of rotatable bonds is 12. The van der Waals surface area contributed by atoms with Crippen molar-refractivity contribution >= 4 is 51.2 Å². The van der Waals surface area contributed by atoms with Crippen LogP contribution in [0.25, 0.3) is 0 Å². The zero-order valence-corrected chi connectivity index (χ0v) is 29.9. The third-order valence-electron chi connectivity index (χ3n) is 8.92. The van der Waals surface area contributed by atoms with Gasteiger partial charge in [-0.15, -0.1) is 0 Å². The molecule has 2 fully saturated rings. The minimum atomic E-state index is -1.08. The summed E-state index contributed by atoms with van der Waals surface area (Å²) in [6.07, 6.45) is 2.06. The minimum Gasteiger partial charge on any atom is -0.445 e. The molecule has 3 aliphatic rings. The van der Waals surface area contributed by atoms with Gasteiger partial charge in [0, 0.05) is 28.9 Å². The number of alkyl carbamates (subject to hydrolysis) is 1. The predicted molar refractivity (Wildman–Crippen MR) is 185 cm³/mol. The maximum atomic E-state index is 14.5. The molecule has 2 heterocycles. The van der Waals surface area contributed by atoms with Gasteiger partial charge >= 0.3 is 6.09 Å². The van der Waals surface area contributed by atoms with Crippen molar-refractivity contribution in [2.24, 2.45) is 10.6 Å². The first-order valence-electron chi connectivity index (χ1n) is 16.7. The quantitative estimate of drug-likeness (QED) is 0.273. The van der Waals surface area contributed by atoms with Crippen LogP contribution < -0.4 is 16.0 Å². The molecule has 1 saturated heterocycles. The van der Waals surface area contributed by atoms with E-state index in [0.717, 1.165) is 28.4 Å². The Hall–Kier alpha value is -4.26. The van der Waals surface area contributed by atoms with Gasteiger partial charge < -0.3 is 30.4 Å². The minimum absolute atomic E-state index is 0.00675. The average Bonchev–Trinajstić information content (AvgIpc) is 3.66. The average molecular weight is 739 g/mol. The zero-order chi connectivity index (χ0) is 35.3. The first kappa shape index (κ1) is 36.0. The molecule has 2 aliphatic heterocycles. The molecule has 2 aromatic carbocycles. The van der Waals surface area contributed by atoms with E-state index in [9.17, 15) is 24.0 Å². The van der Waals surface area contributed by atoms with Crippen LogP contribution in [0.5, 0.6) is 0 Å². The van der Waals surface area contributed by atoms with E-state index in [-0.39, 0.29) is 32.0 Å². The standard InChI is InChI=1S/C36H44BrN5O7/c1-5-10-26(29(43)32(45)38-25-15-16-25)39-31(44)28-19-36(18-27(41-49-36)23-13-9-14-24(37)17-23)21-42(28)33(46)30(35(2,3)4)40-34(47)48-20-22-11-7-6-8-12-22/h6-9,11-14,17,25-26,28,30H,5,10,15-16,18-21H2,1-4H3,(H,38,45)(H,39,44)(H,40,47)/t26-,28-,30+,36+/m0/s1. The summed E-state index contributed by atoms with van der Waals surface area (Å²) in [5.74, 6) is -2.55. The summed E-state index contributed by atoms with van der Waals surface area (Å²) in [7, 11) is 0. The fourth-order valence-electron chi connectivity index (χ4n) is 6.12. The lowest BCUT2D eigenvalue weighted by Gasteiger charge is -2.35. The zero-order valence-electron chi connectivity index (χ0n) is 28.3. The van der Waals surface area contributed by atoms with E-state index in [1.165, 1.54) is 4.90 Å². The molecule has 1 spiro atoms. The van der Waals surface area contributed by atoms with Gasteiger partial charge in [0.1, 0.15) is 18.7 Å². The number of ether oxygens (including phenoxy) is 1. The highest BCUT2D eigenvalue weighted by Crippen LogP contribution is 2.40. The third kappa shape index (κ3) is 9.05. The molecule has 13 heteroatoms. The first-order valence-corrected chi connectivity index (χ1v) is 17.5. The van der Waals surface area contributed by atoms with Gasteiger partial charge in [0.25, 0.3) is 5.91 Å². The van der Waals surface area contributed by atoms with Gasteiger partial charge in [-0.1, -0.05) is 97.7 Å². The summed E-state index contributed by atoms with van der Waals surface area (Å²) in [5.41, 5.74) is 0.480. The second-order valence-corrected chi connectivity index (χ2v) is 15.1. The number of oxime groups is 1. The van der Waals surface area contributed by atoms with Crippen LogP contribution >= 0.6 is 15.9 Å². The second-order valence-electron chi connectivity index (χ2n) is 14.2. The molecule has 0 aromatic heterocycles. The molecule has 4 atom stereocenters. The number of hydrogen-bond acceptors (Lipinski definition) is 8. The molecule has 49 heavy (non-hydrogen) atoms. The molecular formula is C36H44BrN5O7. The van der Waals surface area contributed by atoms with Crippen molar-refractivity contribution in [1.29, 1.82) is 0 Å². The molecule has 262 valence electrons. The van der Waals surface area contributed by atoms with Gasteiger partial charge in [-0.3, -0.25) is 19.2 Å². The van der Waals surface area contributed by atoms with Crippen molar-refractivity contribution < 1.29 is 33.5 Å². The van der Waals surface area contributed by atoms with Crippen molar-refractivity contribution in [2.45, 2.75) is 103 Å². The van der Waals surface area contributed by atoms with E-state index in [1.54, 1.807) is 0 Å². The van der Waals surface area contributed by atoms with E-state index in [1.807, 2.05) is 82.3 Å². The number of hydrogen-bond donors (Lipinski definition) is 3. The molecular weight excluding hydrogens is 694 g/mol. The number of nitrogens with zero attached hydrogens (tertiary/aromatic N) is 2. The summed E-state index contributed by atoms with van der Waals surface area (Å²) < 4.78 is 6.31. The molecule has 4 amide bonds. The molecule has 0 unspecified atom stereocenters. The van der Waals surface area contributed by atoms with Crippen LogP contribution in [-0.2, 0) is 35.4 Å². The second kappa shape index (κ2) is 15.1. The van der Waals surface area contributed by atoms with Crippen molar-refractivity contribution in [1.82, 2.24) is 20.9 Å². The lowest BCUT2D eigenvalue weighted by Crippen LogP contribution is -2.59. The molecule has 0 radical (unpaired) electrons. The van der Waals surface area contributed by atoms with E-state index in [2.05, 4.69) is 37.0 Å². The van der Waals surface area contributed by atoms with Gasteiger partial charge in [0.05, 0.1) is 18.3 Å². The topological polar surface area (TPSA) is 156 Å². The summed E-state index contributed by atoms with van der Waals surface area (Å²) in [6.45, 7) is 7.30. The van der Waals surface area contributed by atoms with Gasteiger partial charge in [-0.2, -0.15) is 0 Å². The van der Waals surface area contributed by atoms with E-state index in [0.29, 0.717) is 18.6 Å². The van der Waals surface area contributed by atoms with Crippen molar-refractivity contribution in [3.05, 3.63) is 70.2 Å². The van der Waals surface area contributed by atoms with Crippen LogP contribution in [0.2, 0.25) is 0 Å². The monoisotopic (exact) mass is 737 g/mol. The van der Waals surface area contributed by atoms with E-state index >= 15 is 0 Å². The number of amides is 4. The summed E-state index contributed by atoms with van der Waals surface area (Å²) in [4.78, 5) is 74.9. The van der Waals surface area contributed by atoms with Crippen LogP contribution in [0.4, 0.5) is 4.79 Å². The van der Waals surface area contributed by atoms with Gasteiger partial charge in [0.15, 0.2) is 5.60 Å². The molecule has 12 nitrogen and oxygen atoms in total. The molecule has 0 bridgehead atoms. The third-order valence-corrected chi connectivity index (χ3v) is 9.41.